The first kappa shape index (κ1) is 20.2. The molecule has 0 spiro atoms. The van der Waals surface area contributed by atoms with Crippen molar-refractivity contribution in [1.82, 2.24) is 15.6 Å². The van der Waals surface area contributed by atoms with E-state index in [2.05, 4.69) is 15.6 Å². The molecule has 2 amide bonds. The molecule has 26 heavy (non-hydrogen) atoms. The molecular formula is C20H31N3O3. The molecule has 0 bridgehead atoms. The molecule has 0 aliphatic heterocycles. The maximum atomic E-state index is 12.5. The van der Waals surface area contributed by atoms with Gasteiger partial charge in [-0.15, -0.1) is 0 Å². The number of amides is 2. The standard InChI is InChI=1S/C20H31N3O3/c1-19(2,3)26-18(25)23-15-20(9-5-4-6-10-20)12-17(24)22-14-16-8-7-11-21-13-16/h7-8,11,13H,4-6,9-10,12,14-15H2,1-3H3,(H,22,24)(H,23,25). The first-order valence-corrected chi connectivity index (χ1v) is 9.41. The second-order valence-corrected chi connectivity index (χ2v) is 8.23. The Kier molecular flexibility index (Phi) is 7.00. The van der Waals surface area contributed by atoms with Gasteiger partial charge in [0.1, 0.15) is 5.60 Å². The van der Waals surface area contributed by atoms with E-state index in [0.29, 0.717) is 19.5 Å². The minimum Gasteiger partial charge on any atom is -0.444 e. The van der Waals surface area contributed by atoms with Crippen molar-refractivity contribution in [3.8, 4) is 0 Å². The summed E-state index contributed by atoms with van der Waals surface area (Å²) in [5, 5.41) is 5.85. The lowest BCUT2D eigenvalue weighted by Gasteiger charge is -2.37. The number of aromatic nitrogens is 1. The average molecular weight is 361 g/mol. The van der Waals surface area contributed by atoms with Gasteiger partial charge in [0.2, 0.25) is 5.91 Å². The lowest BCUT2D eigenvalue weighted by Crippen LogP contribution is -2.43. The highest BCUT2D eigenvalue weighted by Crippen LogP contribution is 2.38. The van der Waals surface area contributed by atoms with Gasteiger partial charge in [-0.1, -0.05) is 25.3 Å². The van der Waals surface area contributed by atoms with Crippen LogP contribution in [0.3, 0.4) is 0 Å². The second-order valence-electron chi connectivity index (χ2n) is 8.23. The van der Waals surface area contributed by atoms with Crippen LogP contribution in [0, 0.1) is 5.41 Å². The lowest BCUT2D eigenvalue weighted by molar-refractivity contribution is -0.124. The number of nitrogens with zero attached hydrogens (tertiary/aromatic N) is 1. The molecule has 0 atom stereocenters. The number of rotatable bonds is 6. The number of ether oxygens (including phenoxy) is 1. The molecule has 1 heterocycles. The summed E-state index contributed by atoms with van der Waals surface area (Å²) < 4.78 is 5.33. The maximum absolute atomic E-state index is 12.5. The van der Waals surface area contributed by atoms with Gasteiger partial charge in [-0.25, -0.2) is 4.79 Å². The Labute approximate surface area is 156 Å². The van der Waals surface area contributed by atoms with E-state index in [4.69, 9.17) is 4.74 Å². The van der Waals surface area contributed by atoms with Crippen LogP contribution >= 0.6 is 0 Å². The SMILES string of the molecule is CC(C)(C)OC(=O)NCC1(CC(=O)NCc2cccnc2)CCCCC1. The van der Waals surface area contributed by atoms with E-state index in [0.717, 1.165) is 31.2 Å². The first-order valence-electron chi connectivity index (χ1n) is 9.41. The summed E-state index contributed by atoms with van der Waals surface area (Å²) >= 11 is 0. The number of carbonyl (C=O) groups is 2. The van der Waals surface area contributed by atoms with Crippen LogP contribution in [0.25, 0.3) is 0 Å². The topological polar surface area (TPSA) is 80.3 Å². The van der Waals surface area contributed by atoms with E-state index in [9.17, 15) is 9.59 Å². The molecular weight excluding hydrogens is 330 g/mol. The van der Waals surface area contributed by atoms with Crippen LogP contribution in [0.1, 0.15) is 64.9 Å². The van der Waals surface area contributed by atoms with Gasteiger partial charge in [-0.2, -0.15) is 0 Å². The van der Waals surface area contributed by atoms with Crippen molar-refractivity contribution in [2.75, 3.05) is 6.54 Å². The number of carbonyl (C=O) groups excluding carboxylic acids is 2. The van der Waals surface area contributed by atoms with Crippen LogP contribution in [0.5, 0.6) is 0 Å². The minimum atomic E-state index is -0.523. The van der Waals surface area contributed by atoms with Gasteiger partial charge >= 0.3 is 6.09 Å². The van der Waals surface area contributed by atoms with Gasteiger partial charge in [-0.05, 0) is 50.7 Å². The molecule has 2 N–H and O–H groups in total. The zero-order valence-electron chi connectivity index (χ0n) is 16.1. The molecule has 1 aliphatic carbocycles. The number of nitrogens with one attached hydrogen (secondary N) is 2. The Morgan fingerprint density at radius 1 is 1.19 bits per heavy atom. The van der Waals surface area contributed by atoms with Crippen molar-refractivity contribution in [3.05, 3.63) is 30.1 Å². The highest BCUT2D eigenvalue weighted by Gasteiger charge is 2.35. The maximum Gasteiger partial charge on any atom is 0.407 e. The summed E-state index contributed by atoms with van der Waals surface area (Å²) in [7, 11) is 0. The fourth-order valence-corrected chi connectivity index (χ4v) is 3.40. The van der Waals surface area contributed by atoms with Crippen molar-refractivity contribution >= 4 is 12.0 Å². The highest BCUT2D eigenvalue weighted by atomic mass is 16.6. The van der Waals surface area contributed by atoms with Gasteiger partial charge in [0.15, 0.2) is 0 Å². The monoisotopic (exact) mass is 361 g/mol. The normalized spacial score (nSPS) is 16.6. The number of hydrogen-bond donors (Lipinski definition) is 2. The van der Waals surface area contributed by atoms with Crippen LogP contribution in [-0.4, -0.2) is 29.1 Å². The van der Waals surface area contributed by atoms with E-state index in [1.807, 2.05) is 32.9 Å². The van der Waals surface area contributed by atoms with Gasteiger partial charge in [-0.3, -0.25) is 9.78 Å². The zero-order valence-corrected chi connectivity index (χ0v) is 16.1. The molecule has 6 nitrogen and oxygen atoms in total. The minimum absolute atomic E-state index is 0.0155. The fourth-order valence-electron chi connectivity index (χ4n) is 3.40. The molecule has 0 radical (unpaired) electrons. The van der Waals surface area contributed by atoms with Crippen LogP contribution < -0.4 is 10.6 Å². The molecule has 1 aromatic heterocycles. The van der Waals surface area contributed by atoms with Gasteiger partial charge < -0.3 is 15.4 Å². The summed E-state index contributed by atoms with van der Waals surface area (Å²) in [4.78, 5) is 28.5. The van der Waals surface area contributed by atoms with Gasteiger partial charge in [0.25, 0.3) is 0 Å². The van der Waals surface area contributed by atoms with Crippen molar-refractivity contribution in [3.63, 3.8) is 0 Å². The summed E-state index contributed by atoms with van der Waals surface area (Å²) in [5.74, 6) is 0.0155. The van der Waals surface area contributed by atoms with Crippen molar-refractivity contribution in [1.29, 1.82) is 0 Å². The molecule has 1 aromatic rings. The molecule has 0 saturated heterocycles. The predicted molar refractivity (Wildman–Crippen MR) is 100 cm³/mol. The summed E-state index contributed by atoms with van der Waals surface area (Å²) in [6.45, 7) is 6.48. The Balaban J connectivity index is 1.88. The highest BCUT2D eigenvalue weighted by molar-refractivity contribution is 5.77. The van der Waals surface area contributed by atoms with Crippen LogP contribution in [0.4, 0.5) is 4.79 Å². The van der Waals surface area contributed by atoms with E-state index in [1.165, 1.54) is 6.42 Å². The zero-order chi connectivity index (χ0) is 19.0. The first-order chi connectivity index (χ1) is 12.3. The third kappa shape index (κ3) is 7.02. The van der Waals surface area contributed by atoms with E-state index >= 15 is 0 Å². The molecule has 0 aromatic carbocycles. The molecule has 6 heteroatoms. The van der Waals surface area contributed by atoms with Crippen molar-refractivity contribution in [2.45, 2.75) is 71.4 Å². The molecule has 0 unspecified atom stereocenters. The summed E-state index contributed by atoms with van der Waals surface area (Å²) in [6, 6.07) is 3.79. The number of alkyl carbamates (subject to hydrolysis) is 1. The lowest BCUT2D eigenvalue weighted by atomic mass is 9.71. The number of pyridine rings is 1. The van der Waals surface area contributed by atoms with Crippen LogP contribution in [0.2, 0.25) is 0 Å². The fraction of sp³-hybridized carbons (Fsp3) is 0.650. The second kappa shape index (κ2) is 9.01. The van der Waals surface area contributed by atoms with E-state index < -0.39 is 11.7 Å². The smallest absolute Gasteiger partial charge is 0.407 e. The molecule has 1 saturated carbocycles. The molecule has 2 rings (SSSR count). The predicted octanol–water partition coefficient (Wildman–Crippen LogP) is 3.56. The van der Waals surface area contributed by atoms with E-state index in [-0.39, 0.29) is 11.3 Å². The Hall–Kier alpha value is -2.11. The summed E-state index contributed by atoms with van der Waals surface area (Å²) in [5.41, 5.74) is 0.268. The third-order valence-electron chi connectivity index (χ3n) is 4.67. The van der Waals surface area contributed by atoms with Gasteiger partial charge in [0.05, 0.1) is 0 Å². The molecule has 144 valence electrons. The third-order valence-corrected chi connectivity index (χ3v) is 4.67. The quantitative estimate of drug-likeness (QED) is 0.812. The van der Waals surface area contributed by atoms with Crippen LogP contribution in [-0.2, 0) is 16.1 Å². The molecule has 1 aliphatic rings. The Morgan fingerprint density at radius 2 is 1.92 bits per heavy atom. The van der Waals surface area contributed by atoms with Crippen molar-refractivity contribution in [2.24, 2.45) is 5.41 Å². The number of hydrogen-bond acceptors (Lipinski definition) is 4. The summed E-state index contributed by atoms with van der Waals surface area (Å²) in [6.07, 6.45) is 8.72. The van der Waals surface area contributed by atoms with Gasteiger partial charge in [0, 0.05) is 31.9 Å². The molecule has 1 fully saturated rings. The average Bonchev–Trinajstić information content (AvgIpc) is 2.59. The Bertz CT molecular complexity index is 590. The van der Waals surface area contributed by atoms with Crippen LogP contribution in [0.15, 0.2) is 24.5 Å². The van der Waals surface area contributed by atoms with E-state index in [1.54, 1.807) is 12.4 Å². The van der Waals surface area contributed by atoms with Crippen molar-refractivity contribution < 1.29 is 14.3 Å². The Morgan fingerprint density at radius 3 is 2.54 bits per heavy atom. The largest absolute Gasteiger partial charge is 0.444 e.